The summed E-state index contributed by atoms with van der Waals surface area (Å²) in [5, 5.41) is 5.80. The summed E-state index contributed by atoms with van der Waals surface area (Å²) in [6.07, 6.45) is -3.98. The van der Waals surface area contributed by atoms with Crippen LogP contribution >= 0.6 is 0 Å². The largest absolute Gasteiger partial charge is 0.406 e. The lowest BCUT2D eigenvalue weighted by molar-refractivity contribution is -0.140. The standard InChI is InChI=1S/C9H13F3N4O/c1-2-3-16(5-9(10,11)12)8(17)6-4-7(13)15-14-6/h4H,2-3,5H2,1H3,(H3,13,14,15). The summed E-state index contributed by atoms with van der Waals surface area (Å²) in [6.45, 7) is 0.438. The Balaban J connectivity index is 2.80. The smallest absolute Gasteiger partial charge is 0.382 e. The number of alkyl halides is 3. The van der Waals surface area contributed by atoms with Crippen LogP contribution in [0.25, 0.3) is 0 Å². The molecule has 1 rings (SSSR count). The second kappa shape index (κ2) is 5.07. The molecular weight excluding hydrogens is 237 g/mol. The number of hydrogen-bond donors (Lipinski definition) is 2. The number of nitrogens with two attached hydrogens (primary N) is 1. The molecule has 0 aliphatic rings. The van der Waals surface area contributed by atoms with E-state index in [1.165, 1.54) is 6.07 Å². The van der Waals surface area contributed by atoms with Crippen molar-refractivity contribution in [2.75, 3.05) is 18.8 Å². The molecule has 17 heavy (non-hydrogen) atoms. The summed E-state index contributed by atoms with van der Waals surface area (Å²) >= 11 is 0. The SMILES string of the molecule is CCCN(CC(F)(F)F)C(=O)c1cc(N)n[nH]1. The number of nitrogens with zero attached hydrogens (tertiary/aromatic N) is 2. The molecule has 0 fully saturated rings. The third-order valence-corrected chi connectivity index (χ3v) is 1.98. The highest BCUT2D eigenvalue weighted by Crippen LogP contribution is 2.18. The Morgan fingerprint density at radius 2 is 2.24 bits per heavy atom. The molecular formula is C9H13F3N4O. The first-order valence-electron chi connectivity index (χ1n) is 5.00. The molecule has 0 saturated carbocycles. The Morgan fingerprint density at radius 1 is 1.59 bits per heavy atom. The van der Waals surface area contributed by atoms with Gasteiger partial charge in [0.15, 0.2) is 0 Å². The number of hydrogen-bond acceptors (Lipinski definition) is 3. The molecule has 0 radical (unpaired) electrons. The van der Waals surface area contributed by atoms with Crippen molar-refractivity contribution in [3.05, 3.63) is 11.8 Å². The number of H-pyrrole nitrogens is 1. The molecule has 0 spiro atoms. The average Bonchev–Trinajstić information content (AvgIpc) is 2.61. The third kappa shape index (κ3) is 3.97. The molecule has 96 valence electrons. The maximum Gasteiger partial charge on any atom is 0.406 e. The van der Waals surface area contributed by atoms with E-state index in [4.69, 9.17) is 5.73 Å². The van der Waals surface area contributed by atoms with E-state index in [2.05, 4.69) is 10.2 Å². The zero-order valence-corrected chi connectivity index (χ0v) is 9.21. The second-order valence-corrected chi connectivity index (χ2v) is 3.55. The van der Waals surface area contributed by atoms with Gasteiger partial charge in [-0.15, -0.1) is 0 Å². The van der Waals surface area contributed by atoms with E-state index >= 15 is 0 Å². The van der Waals surface area contributed by atoms with E-state index in [1.807, 2.05) is 0 Å². The van der Waals surface area contributed by atoms with Gasteiger partial charge in [-0.25, -0.2) is 0 Å². The first kappa shape index (κ1) is 13.3. The minimum absolute atomic E-state index is 0.0251. The monoisotopic (exact) mass is 250 g/mol. The quantitative estimate of drug-likeness (QED) is 0.848. The number of nitrogen functional groups attached to an aromatic ring is 1. The molecule has 1 aromatic heterocycles. The molecule has 0 unspecified atom stereocenters. The number of halogens is 3. The first-order chi connectivity index (χ1) is 7.83. The molecule has 3 N–H and O–H groups in total. The van der Waals surface area contributed by atoms with E-state index in [0.29, 0.717) is 11.3 Å². The van der Waals surface area contributed by atoms with Crippen LogP contribution in [0.2, 0.25) is 0 Å². The number of carbonyl (C=O) groups excluding carboxylic acids is 1. The normalized spacial score (nSPS) is 11.5. The van der Waals surface area contributed by atoms with E-state index in [-0.39, 0.29) is 18.1 Å². The molecule has 0 aromatic carbocycles. The van der Waals surface area contributed by atoms with Gasteiger partial charge >= 0.3 is 6.18 Å². The summed E-state index contributed by atoms with van der Waals surface area (Å²) in [4.78, 5) is 12.4. The number of nitrogens with one attached hydrogen (secondary N) is 1. The number of carbonyl (C=O) groups is 1. The zero-order chi connectivity index (χ0) is 13.1. The number of amides is 1. The maximum absolute atomic E-state index is 12.3. The minimum atomic E-state index is -4.42. The van der Waals surface area contributed by atoms with Crippen LogP contribution < -0.4 is 5.73 Å². The van der Waals surface area contributed by atoms with Gasteiger partial charge in [0.05, 0.1) is 0 Å². The molecule has 5 nitrogen and oxygen atoms in total. The highest BCUT2D eigenvalue weighted by Gasteiger charge is 2.33. The van der Waals surface area contributed by atoms with Crippen molar-refractivity contribution in [1.82, 2.24) is 15.1 Å². The van der Waals surface area contributed by atoms with Gasteiger partial charge in [-0.1, -0.05) is 6.92 Å². The molecule has 0 aliphatic heterocycles. The molecule has 1 heterocycles. The number of rotatable bonds is 4. The Kier molecular flexibility index (Phi) is 3.97. The maximum atomic E-state index is 12.3. The second-order valence-electron chi connectivity index (χ2n) is 3.55. The Hall–Kier alpha value is -1.73. The Morgan fingerprint density at radius 3 is 2.65 bits per heavy atom. The summed E-state index contributed by atoms with van der Waals surface area (Å²) in [6, 6.07) is 1.21. The molecule has 8 heteroatoms. The summed E-state index contributed by atoms with van der Waals surface area (Å²) in [7, 11) is 0. The van der Waals surface area contributed by atoms with Crippen LogP contribution in [-0.4, -0.2) is 40.3 Å². The predicted molar refractivity (Wildman–Crippen MR) is 55.2 cm³/mol. The van der Waals surface area contributed by atoms with Crippen LogP contribution in [0.15, 0.2) is 6.07 Å². The Labute approximate surface area is 95.8 Å². The molecule has 0 aliphatic carbocycles. The van der Waals surface area contributed by atoms with E-state index < -0.39 is 18.6 Å². The highest BCUT2D eigenvalue weighted by molar-refractivity contribution is 5.93. The average molecular weight is 250 g/mol. The zero-order valence-electron chi connectivity index (χ0n) is 9.21. The van der Waals surface area contributed by atoms with Crippen molar-refractivity contribution < 1.29 is 18.0 Å². The summed E-state index contributed by atoms with van der Waals surface area (Å²) in [5.74, 6) is -0.690. The fraction of sp³-hybridized carbons (Fsp3) is 0.556. The van der Waals surface area contributed by atoms with Crippen molar-refractivity contribution in [3.63, 3.8) is 0 Å². The molecule has 0 atom stereocenters. The van der Waals surface area contributed by atoms with Gasteiger partial charge < -0.3 is 10.6 Å². The summed E-state index contributed by atoms with van der Waals surface area (Å²) in [5.41, 5.74) is 5.24. The molecule has 0 saturated heterocycles. The predicted octanol–water partition coefficient (Wildman–Crippen LogP) is 1.41. The van der Waals surface area contributed by atoms with Gasteiger partial charge in [-0.05, 0) is 6.42 Å². The van der Waals surface area contributed by atoms with Gasteiger partial charge in [-0.2, -0.15) is 18.3 Å². The van der Waals surface area contributed by atoms with Crippen molar-refractivity contribution in [2.24, 2.45) is 0 Å². The van der Waals surface area contributed by atoms with Gasteiger partial charge in [0.25, 0.3) is 5.91 Å². The first-order valence-corrected chi connectivity index (χ1v) is 5.00. The topological polar surface area (TPSA) is 75.0 Å². The molecule has 1 aromatic rings. The van der Waals surface area contributed by atoms with Gasteiger partial charge in [0.1, 0.15) is 18.1 Å². The van der Waals surface area contributed by atoms with Crippen LogP contribution in [0.5, 0.6) is 0 Å². The summed E-state index contributed by atoms with van der Waals surface area (Å²) < 4.78 is 36.8. The highest BCUT2D eigenvalue weighted by atomic mass is 19.4. The van der Waals surface area contributed by atoms with Crippen molar-refractivity contribution in [3.8, 4) is 0 Å². The van der Waals surface area contributed by atoms with Crippen molar-refractivity contribution >= 4 is 11.7 Å². The van der Waals surface area contributed by atoms with Crippen LogP contribution in [0, 0.1) is 0 Å². The van der Waals surface area contributed by atoms with Crippen molar-refractivity contribution in [1.29, 1.82) is 0 Å². The van der Waals surface area contributed by atoms with Gasteiger partial charge in [-0.3, -0.25) is 9.89 Å². The van der Waals surface area contributed by atoms with Crippen LogP contribution in [0.3, 0.4) is 0 Å². The third-order valence-electron chi connectivity index (χ3n) is 1.98. The molecule has 1 amide bonds. The van der Waals surface area contributed by atoms with Gasteiger partial charge in [0.2, 0.25) is 0 Å². The lowest BCUT2D eigenvalue weighted by Gasteiger charge is -2.22. The lowest BCUT2D eigenvalue weighted by Crippen LogP contribution is -2.39. The number of anilines is 1. The van der Waals surface area contributed by atoms with E-state index in [9.17, 15) is 18.0 Å². The van der Waals surface area contributed by atoms with E-state index in [1.54, 1.807) is 6.92 Å². The van der Waals surface area contributed by atoms with E-state index in [0.717, 1.165) is 0 Å². The van der Waals surface area contributed by atoms with Crippen LogP contribution in [0.1, 0.15) is 23.8 Å². The fourth-order valence-electron chi connectivity index (χ4n) is 1.36. The van der Waals surface area contributed by atoms with Crippen LogP contribution in [-0.2, 0) is 0 Å². The molecule has 0 bridgehead atoms. The van der Waals surface area contributed by atoms with Crippen LogP contribution in [0.4, 0.5) is 19.0 Å². The Bertz CT molecular complexity index is 388. The number of aromatic amines is 1. The lowest BCUT2D eigenvalue weighted by atomic mass is 10.3. The fourth-order valence-corrected chi connectivity index (χ4v) is 1.36. The van der Waals surface area contributed by atoms with Crippen molar-refractivity contribution in [2.45, 2.75) is 19.5 Å². The minimum Gasteiger partial charge on any atom is -0.382 e. The van der Waals surface area contributed by atoms with Gasteiger partial charge in [0, 0.05) is 12.6 Å². The number of aromatic nitrogens is 2.